The van der Waals surface area contributed by atoms with Gasteiger partial charge in [0.2, 0.25) is 10.0 Å². The molecule has 1 aromatic carbocycles. The highest BCUT2D eigenvalue weighted by Crippen LogP contribution is 2.23. The minimum Gasteiger partial charge on any atom is -0.399 e. The number of sulfone groups is 1. The Morgan fingerprint density at radius 2 is 2.10 bits per heavy atom. The van der Waals surface area contributed by atoms with E-state index in [1.165, 1.54) is 4.31 Å². The molecule has 2 N–H and O–H groups in total. The zero-order valence-corrected chi connectivity index (χ0v) is 13.5. The molecule has 1 saturated heterocycles. The summed E-state index contributed by atoms with van der Waals surface area (Å²) in [6.07, 6.45) is 0.367. The number of rotatable bonds is 5. The van der Waals surface area contributed by atoms with Crippen molar-refractivity contribution >= 4 is 25.5 Å². The van der Waals surface area contributed by atoms with Gasteiger partial charge in [-0.1, -0.05) is 19.1 Å². The lowest BCUT2D eigenvalue weighted by Gasteiger charge is -2.26. The van der Waals surface area contributed by atoms with Gasteiger partial charge in [0.15, 0.2) is 9.84 Å². The first kappa shape index (κ1) is 16.3. The summed E-state index contributed by atoms with van der Waals surface area (Å²) < 4.78 is 49.5. The van der Waals surface area contributed by atoms with Crippen molar-refractivity contribution in [3.8, 4) is 0 Å². The number of nitrogens with two attached hydrogens (primary N) is 1. The molecule has 0 amide bonds. The molecule has 1 aliphatic heterocycles. The van der Waals surface area contributed by atoms with E-state index in [9.17, 15) is 16.8 Å². The van der Waals surface area contributed by atoms with Gasteiger partial charge in [-0.3, -0.25) is 0 Å². The van der Waals surface area contributed by atoms with Crippen molar-refractivity contribution in [2.75, 3.05) is 23.8 Å². The zero-order valence-electron chi connectivity index (χ0n) is 11.9. The van der Waals surface area contributed by atoms with Crippen LogP contribution in [0.2, 0.25) is 0 Å². The normalized spacial score (nSPS) is 21.7. The summed E-state index contributed by atoms with van der Waals surface area (Å²) in [5.74, 6) is -0.193. The molecule has 1 aromatic rings. The summed E-state index contributed by atoms with van der Waals surface area (Å²) in [6, 6.07) is 6.27. The Labute approximate surface area is 125 Å². The molecule has 118 valence electrons. The van der Waals surface area contributed by atoms with Gasteiger partial charge in [0.05, 0.1) is 17.3 Å². The summed E-state index contributed by atoms with van der Waals surface area (Å²) in [5.41, 5.74) is 6.77. The van der Waals surface area contributed by atoms with Crippen LogP contribution in [0.1, 0.15) is 18.9 Å². The third kappa shape index (κ3) is 3.96. The molecule has 8 heteroatoms. The standard InChI is InChI=1S/C13H20N2O4S2/c1-2-15(13-6-7-20(16,17)10-13)21(18,19)9-11-4-3-5-12(14)8-11/h3-5,8,13H,2,6-7,9-10,14H2,1H3. The lowest BCUT2D eigenvalue weighted by atomic mass is 10.2. The molecule has 0 radical (unpaired) electrons. The summed E-state index contributed by atoms with van der Waals surface area (Å²) in [6.45, 7) is 1.99. The van der Waals surface area contributed by atoms with E-state index in [4.69, 9.17) is 5.73 Å². The summed E-state index contributed by atoms with van der Waals surface area (Å²) in [4.78, 5) is 0. The second kappa shape index (κ2) is 5.94. The van der Waals surface area contributed by atoms with Crippen LogP contribution >= 0.6 is 0 Å². The van der Waals surface area contributed by atoms with Crippen LogP contribution < -0.4 is 5.73 Å². The van der Waals surface area contributed by atoms with Crippen LogP contribution in [0, 0.1) is 0 Å². The van der Waals surface area contributed by atoms with Crippen molar-refractivity contribution in [3.63, 3.8) is 0 Å². The second-order valence-electron chi connectivity index (χ2n) is 5.26. The van der Waals surface area contributed by atoms with Gasteiger partial charge in [-0.25, -0.2) is 16.8 Å². The lowest BCUT2D eigenvalue weighted by Crippen LogP contribution is -2.41. The van der Waals surface area contributed by atoms with Crippen molar-refractivity contribution in [1.82, 2.24) is 4.31 Å². The SMILES string of the molecule is CCN(C1CCS(=O)(=O)C1)S(=O)(=O)Cc1cccc(N)c1. The molecule has 0 aliphatic carbocycles. The van der Waals surface area contributed by atoms with Crippen molar-refractivity contribution in [3.05, 3.63) is 29.8 Å². The number of nitrogen functional groups attached to an aromatic ring is 1. The van der Waals surface area contributed by atoms with Gasteiger partial charge >= 0.3 is 0 Å². The summed E-state index contributed by atoms with van der Waals surface area (Å²) in [7, 11) is -6.68. The van der Waals surface area contributed by atoms with Gasteiger partial charge in [0.25, 0.3) is 0 Å². The highest BCUT2D eigenvalue weighted by molar-refractivity contribution is 7.92. The number of hydrogen-bond donors (Lipinski definition) is 1. The topological polar surface area (TPSA) is 97.5 Å². The summed E-state index contributed by atoms with van der Waals surface area (Å²) in [5, 5.41) is 0. The van der Waals surface area contributed by atoms with Crippen molar-refractivity contribution in [2.45, 2.75) is 25.1 Å². The number of nitrogens with zero attached hydrogens (tertiary/aromatic N) is 1. The molecule has 21 heavy (non-hydrogen) atoms. The Morgan fingerprint density at radius 1 is 1.38 bits per heavy atom. The molecule has 2 rings (SSSR count). The van der Waals surface area contributed by atoms with Gasteiger partial charge < -0.3 is 5.73 Å². The molecule has 0 bridgehead atoms. The maximum Gasteiger partial charge on any atom is 0.218 e. The van der Waals surface area contributed by atoms with E-state index in [0.717, 1.165) is 0 Å². The predicted octanol–water partition coefficient (Wildman–Crippen LogP) is 0.608. The molecule has 6 nitrogen and oxygen atoms in total. The molecule has 1 atom stereocenters. The largest absolute Gasteiger partial charge is 0.399 e. The van der Waals surface area contributed by atoms with Crippen LogP contribution in [0.3, 0.4) is 0 Å². The van der Waals surface area contributed by atoms with Crippen molar-refractivity contribution in [2.24, 2.45) is 0 Å². The van der Waals surface area contributed by atoms with Crippen LogP contribution in [0.5, 0.6) is 0 Å². The Hall–Kier alpha value is -1.12. The predicted molar refractivity (Wildman–Crippen MR) is 82.9 cm³/mol. The monoisotopic (exact) mass is 332 g/mol. The quantitative estimate of drug-likeness (QED) is 0.797. The van der Waals surface area contributed by atoms with E-state index in [-0.39, 0.29) is 23.8 Å². The average molecular weight is 332 g/mol. The third-order valence-electron chi connectivity index (χ3n) is 3.58. The smallest absolute Gasteiger partial charge is 0.218 e. The Morgan fingerprint density at radius 3 is 2.62 bits per heavy atom. The van der Waals surface area contributed by atoms with Crippen molar-refractivity contribution < 1.29 is 16.8 Å². The highest BCUT2D eigenvalue weighted by Gasteiger charge is 2.37. The van der Waals surface area contributed by atoms with Crippen LogP contribution in [0.15, 0.2) is 24.3 Å². The molecule has 0 saturated carbocycles. The lowest BCUT2D eigenvalue weighted by molar-refractivity contribution is 0.354. The fourth-order valence-corrected chi connectivity index (χ4v) is 6.28. The van der Waals surface area contributed by atoms with E-state index < -0.39 is 25.9 Å². The molecular formula is C13H20N2O4S2. The molecule has 1 fully saturated rings. The van der Waals surface area contributed by atoms with E-state index in [2.05, 4.69) is 0 Å². The molecule has 0 spiro atoms. The fraction of sp³-hybridized carbons (Fsp3) is 0.538. The Bertz CT molecular complexity index is 713. The van der Waals surface area contributed by atoms with Gasteiger partial charge in [0, 0.05) is 18.3 Å². The second-order valence-corrected chi connectivity index (χ2v) is 9.41. The Balaban J connectivity index is 2.20. The average Bonchev–Trinajstić information content (AvgIpc) is 2.69. The Kier molecular flexibility index (Phi) is 4.60. The number of hydrogen-bond acceptors (Lipinski definition) is 5. The van der Waals surface area contributed by atoms with Crippen LogP contribution in [-0.2, 0) is 25.6 Å². The molecule has 1 aliphatic rings. The first-order chi connectivity index (χ1) is 9.73. The number of benzene rings is 1. The zero-order chi connectivity index (χ0) is 15.7. The first-order valence-electron chi connectivity index (χ1n) is 6.78. The van der Waals surface area contributed by atoms with Gasteiger partial charge in [-0.05, 0) is 24.1 Å². The molecule has 1 unspecified atom stereocenters. The maximum absolute atomic E-state index is 12.5. The number of anilines is 1. The van der Waals surface area contributed by atoms with Gasteiger partial charge in [0.1, 0.15) is 0 Å². The fourth-order valence-electron chi connectivity index (χ4n) is 2.66. The van der Waals surface area contributed by atoms with E-state index in [1.54, 1.807) is 31.2 Å². The van der Waals surface area contributed by atoms with Crippen molar-refractivity contribution in [1.29, 1.82) is 0 Å². The third-order valence-corrected chi connectivity index (χ3v) is 7.30. The van der Waals surface area contributed by atoms with Gasteiger partial charge in [-0.2, -0.15) is 4.31 Å². The van der Waals surface area contributed by atoms with E-state index in [1.807, 2.05) is 0 Å². The molecule has 0 aromatic heterocycles. The van der Waals surface area contributed by atoms with E-state index >= 15 is 0 Å². The number of sulfonamides is 1. The maximum atomic E-state index is 12.5. The summed E-state index contributed by atoms with van der Waals surface area (Å²) >= 11 is 0. The minimum atomic E-state index is -3.56. The van der Waals surface area contributed by atoms with Crippen LogP contribution in [0.4, 0.5) is 5.69 Å². The highest BCUT2D eigenvalue weighted by atomic mass is 32.2. The first-order valence-corrected chi connectivity index (χ1v) is 10.2. The van der Waals surface area contributed by atoms with Crippen LogP contribution in [0.25, 0.3) is 0 Å². The molecule has 1 heterocycles. The molecular weight excluding hydrogens is 312 g/mol. The van der Waals surface area contributed by atoms with Gasteiger partial charge in [-0.15, -0.1) is 0 Å². The van der Waals surface area contributed by atoms with Crippen LogP contribution in [-0.4, -0.2) is 45.2 Å². The minimum absolute atomic E-state index is 0.0575. The van der Waals surface area contributed by atoms with E-state index in [0.29, 0.717) is 17.7 Å².